The molecule has 5 nitrogen and oxygen atoms in total. The number of hydrogen-bond donors (Lipinski definition) is 0. The van der Waals surface area contributed by atoms with Gasteiger partial charge < -0.3 is 8.94 Å². The summed E-state index contributed by atoms with van der Waals surface area (Å²) in [4.78, 5) is 4.29. The molecule has 0 aliphatic carbocycles. The fraction of sp³-hybridized carbons (Fsp3) is 0. The number of benzene rings is 2. The molecule has 24 heavy (non-hydrogen) atoms. The Morgan fingerprint density at radius 3 is 2.62 bits per heavy atom. The number of furan rings is 1. The third-order valence-corrected chi connectivity index (χ3v) is 3.54. The Bertz CT molecular complexity index is 1040. The molecule has 2 aromatic carbocycles. The fourth-order valence-corrected chi connectivity index (χ4v) is 2.39. The summed E-state index contributed by atoms with van der Waals surface area (Å²) >= 11 is 0. The second kappa shape index (κ2) is 5.86. The first-order chi connectivity index (χ1) is 11.8. The molecule has 2 heterocycles. The Morgan fingerprint density at radius 2 is 1.83 bits per heavy atom. The van der Waals surface area contributed by atoms with Crippen molar-refractivity contribution in [3.63, 3.8) is 0 Å². The smallest absolute Gasteiger partial charge is 0.269 e. The van der Waals surface area contributed by atoms with Crippen molar-refractivity contribution < 1.29 is 8.94 Å². The van der Waals surface area contributed by atoms with Crippen LogP contribution in [0.25, 0.3) is 34.0 Å². The molecule has 0 fully saturated rings. The fourth-order valence-electron chi connectivity index (χ4n) is 2.39. The predicted molar refractivity (Wildman–Crippen MR) is 89.4 cm³/mol. The minimum Gasteiger partial charge on any atom is -0.457 e. The van der Waals surface area contributed by atoms with Crippen molar-refractivity contribution in [3.8, 4) is 17.5 Å². The predicted octanol–water partition coefficient (Wildman–Crippen LogP) is 4.55. The highest BCUT2D eigenvalue weighted by Crippen LogP contribution is 2.24. The molecule has 5 heteroatoms. The van der Waals surface area contributed by atoms with E-state index in [0.29, 0.717) is 11.6 Å². The van der Waals surface area contributed by atoms with Gasteiger partial charge in [-0.1, -0.05) is 53.7 Å². The number of hydrogen-bond acceptors (Lipinski definition) is 5. The van der Waals surface area contributed by atoms with E-state index in [1.807, 2.05) is 60.7 Å². The van der Waals surface area contributed by atoms with Crippen LogP contribution < -0.4 is 0 Å². The van der Waals surface area contributed by atoms with Gasteiger partial charge in [0, 0.05) is 17.0 Å². The maximum atomic E-state index is 9.41. The molecule has 0 unspecified atom stereocenters. The van der Waals surface area contributed by atoms with E-state index in [4.69, 9.17) is 8.94 Å². The molecule has 0 aliphatic rings. The SMILES string of the molecule is N#CC(=Cc1cc2ccccc2o1)c1nc(-c2ccccc2)no1. The lowest BCUT2D eigenvalue weighted by atomic mass is 10.2. The highest BCUT2D eigenvalue weighted by atomic mass is 16.5. The molecule has 0 saturated heterocycles. The van der Waals surface area contributed by atoms with Crippen LogP contribution in [-0.4, -0.2) is 10.1 Å². The lowest BCUT2D eigenvalue weighted by Crippen LogP contribution is -1.83. The van der Waals surface area contributed by atoms with Gasteiger partial charge in [-0.25, -0.2) is 0 Å². The zero-order chi connectivity index (χ0) is 16.4. The molecule has 0 bridgehead atoms. The van der Waals surface area contributed by atoms with Gasteiger partial charge in [-0.2, -0.15) is 10.2 Å². The van der Waals surface area contributed by atoms with Gasteiger partial charge in [0.2, 0.25) is 5.82 Å². The molecule has 4 aromatic rings. The summed E-state index contributed by atoms with van der Waals surface area (Å²) < 4.78 is 10.9. The van der Waals surface area contributed by atoms with Crippen LogP contribution in [0.2, 0.25) is 0 Å². The quantitative estimate of drug-likeness (QED) is 0.519. The normalized spacial score (nSPS) is 11.5. The first kappa shape index (κ1) is 14.0. The number of fused-ring (bicyclic) bond motifs is 1. The van der Waals surface area contributed by atoms with Crippen molar-refractivity contribution >= 4 is 22.6 Å². The molecule has 0 radical (unpaired) electrons. The molecule has 2 aromatic heterocycles. The minimum absolute atomic E-state index is 0.164. The molecule has 4 rings (SSSR count). The monoisotopic (exact) mass is 313 g/mol. The van der Waals surface area contributed by atoms with Crippen LogP contribution in [0.4, 0.5) is 0 Å². The second-order valence-corrected chi connectivity index (χ2v) is 5.15. The number of rotatable bonds is 3. The van der Waals surface area contributed by atoms with E-state index < -0.39 is 0 Å². The van der Waals surface area contributed by atoms with Crippen LogP contribution in [0.15, 0.2) is 69.6 Å². The number of nitrogens with zero attached hydrogens (tertiary/aromatic N) is 3. The van der Waals surface area contributed by atoms with E-state index in [9.17, 15) is 5.26 Å². The molecule has 0 saturated carbocycles. The molecular weight excluding hydrogens is 302 g/mol. The van der Waals surface area contributed by atoms with Crippen LogP contribution in [0.1, 0.15) is 11.7 Å². The van der Waals surface area contributed by atoms with Crippen molar-refractivity contribution in [2.45, 2.75) is 0 Å². The standard InChI is InChI=1S/C19H11N3O2/c20-12-15(11-16-10-14-8-4-5-9-17(14)23-16)19-21-18(22-24-19)13-6-2-1-3-7-13/h1-11H. The van der Waals surface area contributed by atoms with Crippen molar-refractivity contribution in [2.24, 2.45) is 0 Å². The van der Waals surface area contributed by atoms with Gasteiger partial charge in [0.15, 0.2) is 0 Å². The van der Waals surface area contributed by atoms with Crippen LogP contribution in [0.5, 0.6) is 0 Å². The number of nitriles is 1. The van der Waals surface area contributed by atoms with Gasteiger partial charge >= 0.3 is 0 Å². The average Bonchev–Trinajstić information content (AvgIpc) is 3.27. The molecule has 0 N–H and O–H groups in total. The van der Waals surface area contributed by atoms with Crippen LogP contribution >= 0.6 is 0 Å². The molecule has 114 valence electrons. The highest BCUT2D eigenvalue weighted by Gasteiger charge is 2.13. The van der Waals surface area contributed by atoms with E-state index in [1.165, 1.54) is 0 Å². The molecule has 0 amide bonds. The van der Waals surface area contributed by atoms with Gasteiger partial charge in [0.1, 0.15) is 23.0 Å². The van der Waals surface area contributed by atoms with E-state index in [2.05, 4.69) is 16.2 Å². The van der Waals surface area contributed by atoms with Gasteiger partial charge in [-0.05, 0) is 12.1 Å². The zero-order valence-corrected chi connectivity index (χ0v) is 12.5. The third kappa shape index (κ3) is 2.57. The summed E-state index contributed by atoms with van der Waals surface area (Å²) in [7, 11) is 0. The van der Waals surface area contributed by atoms with E-state index in [0.717, 1.165) is 16.5 Å². The average molecular weight is 313 g/mol. The van der Waals surface area contributed by atoms with Crippen molar-refractivity contribution in [1.29, 1.82) is 5.26 Å². The van der Waals surface area contributed by atoms with E-state index in [1.54, 1.807) is 6.08 Å². The van der Waals surface area contributed by atoms with Gasteiger partial charge in [-0.3, -0.25) is 0 Å². The van der Waals surface area contributed by atoms with Gasteiger partial charge in [0.25, 0.3) is 5.89 Å². The minimum atomic E-state index is 0.164. The summed E-state index contributed by atoms with van der Waals surface area (Å²) in [6, 6.07) is 21.0. The molecule has 0 atom stereocenters. The molecule has 0 spiro atoms. The lowest BCUT2D eigenvalue weighted by molar-refractivity contribution is 0.409. The Balaban J connectivity index is 1.71. The van der Waals surface area contributed by atoms with Crippen molar-refractivity contribution in [3.05, 3.63) is 72.3 Å². The Kier molecular flexibility index (Phi) is 3.41. The lowest BCUT2D eigenvalue weighted by Gasteiger charge is -1.91. The van der Waals surface area contributed by atoms with Crippen molar-refractivity contribution in [1.82, 2.24) is 10.1 Å². The summed E-state index contributed by atoms with van der Waals surface area (Å²) in [5.41, 5.74) is 1.84. The summed E-state index contributed by atoms with van der Waals surface area (Å²) in [5.74, 6) is 1.17. The largest absolute Gasteiger partial charge is 0.457 e. The second-order valence-electron chi connectivity index (χ2n) is 5.15. The van der Waals surface area contributed by atoms with Gasteiger partial charge in [-0.15, -0.1) is 0 Å². The Labute approximate surface area is 137 Å². The van der Waals surface area contributed by atoms with Crippen LogP contribution in [0.3, 0.4) is 0 Å². The Hall–Kier alpha value is -3.65. The van der Waals surface area contributed by atoms with Crippen LogP contribution in [-0.2, 0) is 0 Å². The van der Waals surface area contributed by atoms with E-state index in [-0.39, 0.29) is 11.5 Å². The maximum absolute atomic E-state index is 9.41. The summed E-state index contributed by atoms with van der Waals surface area (Å²) in [6.07, 6.45) is 1.60. The number of para-hydroxylation sites is 1. The number of aromatic nitrogens is 2. The first-order valence-corrected chi connectivity index (χ1v) is 7.33. The number of allylic oxidation sites excluding steroid dienone is 1. The highest BCUT2D eigenvalue weighted by molar-refractivity contribution is 5.88. The third-order valence-electron chi connectivity index (χ3n) is 3.54. The first-order valence-electron chi connectivity index (χ1n) is 7.33. The van der Waals surface area contributed by atoms with Gasteiger partial charge in [0.05, 0.1) is 0 Å². The van der Waals surface area contributed by atoms with E-state index >= 15 is 0 Å². The summed E-state index contributed by atoms with van der Waals surface area (Å²) in [6.45, 7) is 0. The van der Waals surface area contributed by atoms with Crippen molar-refractivity contribution in [2.75, 3.05) is 0 Å². The summed E-state index contributed by atoms with van der Waals surface area (Å²) in [5, 5.41) is 14.3. The Morgan fingerprint density at radius 1 is 1.04 bits per heavy atom. The molecule has 0 aliphatic heterocycles. The van der Waals surface area contributed by atoms with Crippen LogP contribution in [0, 0.1) is 11.3 Å². The topological polar surface area (TPSA) is 75.8 Å². The molecular formula is C19H11N3O2. The zero-order valence-electron chi connectivity index (χ0n) is 12.5. The maximum Gasteiger partial charge on any atom is 0.269 e.